The average Bonchev–Trinajstić information content (AvgIpc) is 2.78. The second-order valence-corrected chi connectivity index (χ2v) is 7.87. The molecule has 3 rings (SSSR count). The zero-order valence-electron chi connectivity index (χ0n) is 14.6. The van der Waals surface area contributed by atoms with E-state index in [1.165, 1.54) is 11.3 Å². The van der Waals surface area contributed by atoms with Crippen molar-refractivity contribution in [2.24, 2.45) is 4.99 Å². The van der Waals surface area contributed by atoms with E-state index < -0.39 is 17.9 Å². The summed E-state index contributed by atoms with van der Waals surface area (Å²) in [4.78, 5) is 30.3. The Balaban J connectivity index is 2.14. The molecule has 0 fully saturated rings. The smallest absolute Gasteiger partial charge is 0.326 e. The van der Waals surface area contributed by atoms with E-state index in [0.717, 1.165) is 42.7 Å². The van der Waals surface area contributed by atoms with E-state index in [1.54, 1.807) is 28.8 Å². The number of aliphatic carboxylic acids is 1. The summed E-state index contributed by atoms with van der Waals surface area (Å²) in [6.07, 6.45) is 5.43. The molecule has 2 aromatic rings. The van der Waals surface area contributed by atoms with Crippen molar-refractivity contribution < 1.29 is 14.7 Å². The Kier molecular flexibility index (Phi) is 5.94. The summed E-state index contributed by atoms with van der Waals surface area (Å²) in [5.41, 5.74) is 1.43. The van der Waals surface area contributed by atoms with Gasteiger partial charge in [0.25, 0.3) is 5.91 Å². The molecule has 0 aliphatic heterocycles. The van der Waals surface area contributed by atoms with E-state index in [0.29, 0.717) is 21.8 Å². The number of carboxylic acid groups (broad SMARTS) is 1. The van der Waals surface area contributed by atoms with Crippen LogP contribution in [0.1, 0.15) is 59.6 Å². The molecular formula is C19H21ClN2O3S. The van der Waals surface area contributed by atoms with Gasteiger partial charge in [-0.05, 0) is 50.3 Å². The lowest BCUT2D eigenvalue weighted by Crippen LogP contribution is -2.29. The van der Waals surface area contributed by atoms with Gasteiger partial charge in [-0.3, -0.25) is 4.79 Å². The highest BCUT2D eigenvalue weighted by Crippen LogP contribution is 2.26. The summed E-state index contributed by atoms with van der Waals surface area (Å²) in [5, 5.41) is 10.1. The van der Waals surface area contributed by atoms with Crippen molar-refractivity contribution in [2.45, 2.75) is 51.5 Å². The maximum atomic E-state index is 12.6. The van der Waals surface area contributed by atoms with Crippen LogP contribution in [0.5, 0.6) is 0 Å². The molecule has 26 heavy (non-hydrogen) atoms. The lowest BCUT2D eigenvalue weighted by Gasteiger charge is -2.16. The van der Waals surface area contributed by atoms with Crippen molar-refractivity contribution >= 4 is 34.8 Å². The quantitative estimate of drug-likeness (QED) is 0.790. The van der Waals surface area contributed by atoms with Crippen LogP contribution in [0.25, 0.3) is 0 Å². The number of carboxylic acids is 1. The zero-order valence-corrected chi connectivity index (χ0v) is 16.1. The van der Waals surface area contributed by atoms with Crippen LogP contribution in [-0.2, 0) is 17.6 Å². The molecule has 0 spiro atoms. The molecule has 0 saturated carbocycles. The number of halogens is 1. The lowest BCUT2D eigenvalue weighted by atomic mass is 10.1. The van der Waals surface area contributed by atoms with Crippen LogP contribution in [-0.4, -0.2) is 21.6 Å². The van der Waals surface area contributed by atoms with Crippen LogP contribution in [0.4, 0.5) is 0 Å². The number of carbonyl (C=O) groups excluding carboxylic acids is 1. The van der Waals surface area contributed by atoms with E-state index in [2.05, 4.69) is 4.99 Å². The largest absolute Gasteiger partial charge is 0.480 e. The van der Waals surface area contributed by atoms with Gasteiger partial charge in [-0.25, -0.2) is 4.79 Å². The Bertz CT molecular complexity index is 900. The Labute approximate surface area is 161 Å². The fourth-order valence-corrected chi connectivity index (χ4v) is 4.76. The molecule has 1 aromatic carbocycles. The van der Waals surface area contributed by atoms with Crippen LogP contribution in [0.15, 0.2) is 29.3 Å². The van der Waals surface area contributed by atoms with Crippen LogP contribution in [0.3, 0.4) is 0 Å². The van der Waals surface area contributed by atoms with Gasteiger partial charge in [0.1, 0.15) is 6.04 Å². The van der Waals surface area contributed by atoms with Gasteiger partial charge >= 0.3 is 5.97 Å². The standard InChI is InChI=1S/C19H21ClN2O3S/c1-2-14(18(24)25)22-15-9-4-3-5-10-16(15)26-19(22)21-17(23)12-7-6-8-13(20)11-12/h6-8,11,14H,2-5,9-10H2,1H3,(H,24,25). The van der Waals surface area contributed by atoms with Crippen molar-refractivity contribution in [3.63, 3.8) is 0 Å². The molecular weight excluding hydrogens is 372 g/mol. The van der Waals surface area contributed by atoms with Crippen LogP contribution in [0.2, 0.25) is 5.02 Å². The van der Waals surface area contributed by atoms with Crippen LogP contribution in [0, 0.1) is 0 Å². The van der Waals surface area contributed by atoms with Crippen molar-refractivity contribution in [1.29, 1.82) is 0 Å². The highest BCUT2D eigenvalue weighted by Gasteiger charge is 2.25. The molecule has 7 heteroatoms. The van der Waals surface area contributed by atoms with Gasteiger partial charge in [0, 0.05) is 21.2 Å². The third-order valence-electron chi connectivity index (χ3n) is 4.60. The van der Waals surface area contributed by atoms with Crippen molar-refractivity contribution in [3.05, 3.63) is 50.2 Å². The fraction of sp³-hybridized carbons (Fsp3) is 0.421. The number of thiazole rings is 1. The van der Waals surface area contributed by atoms with Gasteiger partial charge in [-0.15, -0.1) is 11.3 Å². The molecule has 1 unspecified atom stereocenters. The molecule has 0 bridgehead atoms. The molecule has 5 nitrogen and oxygen atoms in total. The summed E-state index contributed by atoms with van der Waals surface area (Å²) in [6.45, 7) is 1.84. The highest BCUT2D eigenvalue weighted by atomic mass is 35.5. The molecule has 138 valence electrons. The van der Waals surface area contributed by atoms with E-state index >= 15 is 0 Å². The molecule has 1 aliphatic rings. The Morgan fingerprint density at radius 2 is 2.08 bits per heavy atom. The van der Waals surface area contributed by atoms with Crippen molar-refractivity contribution in [2.75, 3.05) is 0 Å². The minimum absolute atomic E-state index is 0.399. The maximum Gasteiger partial charge on any atom is 0.326 e. The summed E-state index contributed by atoms with van der Waals surface area (Å²) < 4.78 is 1.77. The molecule has 1 aliphatic carbocycles. The minimum Gasteiger partial charge on any atom is -0.480 e. The van der Waals surface area contributed by atoms with Crippen LogP contribution < -0.4 is 4.80 Å². The third kappa shape index (κ3) is 3.91. The summed E-state index contributed by atoms with van der Waals surface area (Å²) in [7, 11) is 0. The number of aromatic nitrogens is 1. The molecule has 1 heterocycles. The predicted molar refractivity (Wildman–Crippen MR) is 102 cm³/mol. The third-order valence-corrected chi connectivity index (χ3v) is 5.99. The average molecular weight is 393 g/mol. The minimum atomic E-state index is -0.894. The summed E-state index contributed by atoms with van der Waals surface area (Å²) in [5.74, 6) is -1.30. The van der Waals surface area contributed by atoms with Crippen molar-refractivity contribution in [1.82, 2.24) is 4.57 Å². The monoisotopic (exact) mass is 392 g/mol. The molecule has 1 N–H and O–H groups in total. The van der Waals surface area contributed by atoms with Gasteiger partial charge < -0.3 is 9.67 Å². The van der Waals surface area contributed by atoms with Gasteiger partial charge in [-0.2, -0.15) is 4.99 Å². The summed E-state index contributed by atoms with van der Waals surface area (Å²) >= 11 is 7.41. The highest BCUT2D eigenvalue weighted by molar-refractivity contribution is 7.09. The maximum absolute atomic E-state index is 12.6. The first-order valence-corrected chi connectivity index (χ1v) is 10.0. The number of hydrogen-bond acceptors (Lipinski definition) is 3. The summed E-state index contributed by atoms with van der Waals surface area (Å²) in [6, 6.07) is 5.93. The number of carbonyl (C=O) groups is 2. The van der Waals surface area contributed by atoms with Gasteiger partial charge in [0.15, 0.2) is 4.80 Å². The Hall–Kier alpha value is -1.92. The number of hydrogen-bond donors (Lipinski definition) is 1. The SMILES string of the molecule is CCC(C(=O)O)n1c2c(sc1=NC(=O)c1cccc(Cl)c1)CCCCC2. The normalized spacial score (nSPS) is 16.0. The number of benzene rings is 1. The molecule has 1 atom stereocenters. The van der Waals surface area contributed by atoms with E-state index in [4.69, 9.17) is 11.6 Å². The topological polar surface area (TPSA) is 71.7 Å². The first-order chi connectivity index (χ1) is 12.5. The fourth-order valence-electron chi connectivity index (χ4n) is 3.32. The van der Waals surface area contributed by atoms with Gasteiger partial charge in [-0.1, -0.05) is 31.0 Å². The van der Waals surface area contributed by atoms with E-state index in [1.807, 2.05) is 6.92 Å². The Morgan fingerprint density at radius 3 is 2.77 bits per heavy atom. The van der Waals surface area contributed by atoms with E-state index in [-0.39, 0.29) is 0 Å². The van der Waals surface area contributed by atoms with Gasteiger partial charge in [0.2, 0.25) is 0 Å². The lowest BCUT2D eigenvalue weighted by molar-refractivity contribution is -0.141. The number of amides is 1. The van der Waals surface area contributed by atoms with Crippen LogP contribution >= 0.6 is 22.9 Å². The number of fused-ring (bicyclic) bond motifs is 1. The number of rotatable bonds is 4. The second kappa shape index (κ2) is 8.18. The van der Waals surface area contributed by atoms with Crippen molar-refractivity contribution in [3.8, 4) is 0 Å². The Morgan fingerprint density at radius 1 is 1.31 bits per heavy atom. The predicted octanol–water partition coefficient (Wildman–Crippen LogP) is 4.25. The second-order valence-electron chi connectivity index (χ2n) is 6.37. The molecule has 0 radical (unpaired) electrons. The van der Waals surface area contributed by atoms with E-state index in [9.17, 15) is 14.7 Å². The first kappa shape index (κ1) is 18.9. The zero-order chi connectivity index (χ0) is 18.7. The molecule has 0 saturated heterocycles. The first-order valence-electron chi connectivity index (χ1n) is 8.81. The van der Waals surface area contributed by atoms with Gasteiger partial charge in [0.05, 0.1) is 0 Å². The molecule has 1 aromatic heterocycles. The number of nitrogens with zero attached hydrogens (tertiary/aromatic N) is 2. The molecule has 1 amide bonds. The number of aryl methyl sites for hydroxylation is 1.